The second-order valence-electron chi connectivity index (χ2n) is 6.20. The summed E-state index contributed by atoms with van der Waals surface area (Å²) in [5.74, 6) is -0.129. The number of fused-ring (bicyclic) bond motifs is 1. The molecule has 1 aliphatic carbocycles. The van der Waals surface area contributed by atoms with Crippen molar-refractivity contribution in [2.45, 2.75) is 25.2 Å². The van der Waals surface area contributed by atoms with E-state index in [2.05, 4.69) is 15.3 Å². The van der Waals surface area contributed by atoms with Gasteiger partial charge in [0.15, 0.2) is 0 Å². The molecule has 3 aromatic heterocycles. The van der Waals surface area contributed by atoms with Crippen LogP contribution in [0.1, 0.15) is 34.7 Å². The van der Waals surface area contributed by atoms with Crippen molar-refractivity contribution in [1.29, 1.82) is 0 Å². The lowest BCUT2D eigenvalue weighted by atomic mass is 10.0. The minimum Gasteiger partial charge on any atom is -0.350 e. The maximum Gasteiger partial charge on any atom is 0.271 e. The normalized spacial score (nSPS) is 15.5. The van der Waals surface area contributed by atoms with E-state index in [0.717, 1.165) is 29.9 Å². The Morgan fingerprint density at radius 1 is 1.26 bits per heavy atom. The van der Waals surface area contributed by atoms with Gasteiger partial charge in [-0.15, -0.1) is 0 Å². The Kier molecular flexibility index (Phi) is 3.15. The smallest absolute Gasteiger partial charge is 0.271 e. The molecule has 0 radical (unpaired) electrons. The van der Waals surface area contributed by atoms with Gasteiger partial charge in [-0.1, -0.05) is 12.1 Å². The molecule has 1 aliphatic rings. The second-order valence-corrected chi connectivity index (χ2v) is 6.20. The first-order valence-electron chi connectivity index (χ1n) is 7.82. The number of hydrogen-bond donors (Lipinski definition) is 1. The van der Waals surface area contributed by atoms with Gasteiger partial charge in [0.05, 0.1) is 0 Å². The molecule has 0 bridgehead atoms. The third-order valence-corrected chi connectivity index (χ3v) is 4.58. The fourth-order valence-corrected chi connectivity index (χ4v) is 2.95. The van der Waals surface area contributed by atoms with E-state index in [1.807, 2.05) is 53.9 Å². The van der Waals surface area contributed by atoms with Crippen molar-refractivity contribution in [3.63, 3.8) is 0 Å². The van der Waals surface area contributed by atoms with E-state index < -0.39 is 0 Å². The first-order valence-corrected chi connectivity index (χ1v) is 7.82. The van der Waals surface area contributed by atoms with Crippen LogP contribution in [0.2, 0.25) is 0 Å². The fourth-order valence-electron chi connectivity index (χ4n) is 2.95. The number of aromatic nitrogens is 3. The lowest BCUT2D eigenvalue weighted by molar-refractivity contribution is 0.0945. The average Bonchev–Trinajstić information content (AvgIpc) is 3.24. The minimum absolute atomic E-state index is 0.00595. The molecule has 0 aromatic carbocycles. The molecule has 1 saturated carbocycles. The van der Waals surface area contributed by atoms with Crippen molar-refractivity contribution in [3.05, 3.63) is 65.9 Å². The molecule has 1 amide bonds. The number of hydrogen-bond acceptors (Lipinski definition) is 3. The van der Waals surface area contributed by atoms with E-state index in [0.29, 0.717) is 12.2 Å². The van der Waals surface area contributed by atoms with Crippen LogP contribution in [0.15, 0.2) is 48.8 Å². The van der Waals surface area contributed by atoms with E-state index >= 15 is 0 Å². The Bertz CT molecular complexity index is 865. The highest BCUT2D eigenvalue weighted by Crippen LogP contribution is 2.46. The molecule has 3 heterocycles. The van der Waals surface area contributed by atoms with Crippen molar-refractivity contribution in [3.8, 4) is 0 Å². The monoisotopic (exact) mass is 306 g/mol. The van der Waals surface area contributed by atoms with Gasteiger partial charge in [0.2, 0.25) is 0 Å². The van der Waals surface area contributed by atoms with Crippen LogP contribution in [0, 0.1) is 6.92 Å². The van der Waals surface area contributed by atoms with Crippen LogP contribution >= 0.6 is 0 Å². The molecule has 5 heteroatoms. The van der Waals surface area contributed by atoms with Crippen molar-refractivity contribution < 1.29 is 4.79 Å². The molecule has 4 rings (SSSR count). The molecular formula is C18H18N4O. The molecule has 0 atom stereocenters. The number of carbonyl (C=O) groups excluding carboxylic acids is 1. The summed E-state index contributed by atoms with van der Waals surface area (Å²) in [6.07, 6.45) is 5.73. The Hall–Kier alpha value is -2.69. The summed E-state index contributed by atoms with van der Waals surface area (Å²) in [6, 6.07) is 11.8. The lowest BCUT2D eigenvalue weighted by Crippen LogP contribution is -2.32. The van der Waals surface area contributed by atoms with E-state index in [-0.39, 0.29) is 11.3 Å². The van der Waals surface area contributed by atoms with Crippen LogP contribution in [0.25, 0.3) is 5.65 Å². The van der Waals surface area contributed by atoms with E-state index in [1.165, 1.54) is 0 Å². The summed E-state index contributed by atoms with van der Waals surface area (Å²) in [5.41, 5.74) is 3.37. The van der Waals surface area contributed by atoms with Crippen LogP contribution in [-0.2, 0) is 5.41 Å². The maximum absolute atomic E-state index is 12.4. The predicted octanol–water partition coefficient (Wildman–Crippen LogP) is 2.50. The van der Waals surface area contributed by atoms with Crippen molar-refractivity contribution in [2.75, 3.05) is 6.54 Å². The molecule has 1 fully saturated rings. The number of aryl methyl sites for hydroxylation is 1. The number of imidazole rings is 1. The molecule has 0 spiro atoms. The molecule has 23 heavy (non-hydrogen) atoms. The van der Waals surface area contributed by atoms with E-state index in [9.17, 15) is 4.79 Å². The van der Waals surface area contributed by atoms with Gasteiger partial charge in [-0.2, -0.15) is 0 Å². The second kappa shape index (κ2) is 5.19. The van der Waals surface area contributed by atoms with Gasteiger partial charge < -0.3 is 9.72 Å². The highest BCUT2D eigenvalue weighted by Gasteiger charge is 2.45. The number of amides is 1. The quantitative estimate of drug-likeness (QED) is 0.805. The van der Waals surface area contributed by atoms with Crippen LogP contribution in [0.3, 0.4) is 0 Å². The highest BCUT2D eigenvalue weighted by molar-refractivity contribution is 5.93. The molecular weight excluding hydrogens is 288 g/mol. The Morgan fingerprint density at radius 3 is 2.83 bits per heavy atom. The third kappa shape index (κ3) is 2.48. The van der Waals surface area contributed by atoms with Gasteiger partial charge in [-0.3, -0.25) is 9.78 Å². The molecule has 0 saturated heterocycles. The number of nitrogens with zero attached hydrogens (tertiary/aromatic N) is 3. The van der Waals surface area contributed by atoms with E-state index in [1.54, 1.807) is 6.20 Å². The summed E-state index contributed by atoms with van der Waals surface area (Å²) in [7, 11) is 0. The van der Waals surface area contributed by atoms with E-state index in [4.69, 9.17) is 0 Å². The molecule has 5 nitrogen and oxygen atoms in total. The number of pyridine rings is 2. The van der Waals surface area contributed by atoms with Crippen molar-refractivity contribution in [1.82, 2.24) is 19.7 Å². The van der Waals surface area contributed by atoms with Gasteiger partial charge in [-0.25, -0.2) is 4.98 Å². The highest BCUT2D eigenvalue weighted by atomic mass is 16.1. The summed E-state index contributed by atoms with van der Waals surface area (Å²) < 4.78 is 1.93. The van der Waals surface area contributed by atoms with Gasteiger partial charge in [0.25, 0.3) is 5.91 Å². The van der Waals surface area contributed by atoms with Crippen LogP contribution in [0.5, 0.6) is 0 Å². The topological polar surface area (TPSA) is 59.3 Å². The van der Waals surface area contributed by atoms with Gasteiger partial charge in [0, 0.05) is 35.7 Å². The Balaban J connectivity index is 1.51. The van der Waals surface area contributed by atoms with Crippen LogP contribution in [0.4, 0.5) is 0 Å². The maximum atomic E-state index is 12.4. The number of rotatable bonds is 4. The van der Waals surface area contributed by atoms with Gasteiger partial charge in [0.1, 0.15) is 11.3 Å². The zero-order valence-electron chi connectivity index (χ0n) is 13.0. The Morgan fingerprint density at radius 2 is 2.13 bits per heavy atom. The minimum atomic E-state index is -0.129. The first-order chi connectivity index (χ1) is 11.2. The average molecular weight is 306 g/mol. The number of nitrogens with one attached hydrogen (secondary N) is 1. The zero-order chi connectivity index (χ0) is 15.9. The van der Waals surface area contributed by atoms with Crippen LogP contribution < -0.4 is 5.32 Å². The molecule has 1 N–H and O–H groups in total. The predicted molar refractivity (Wildman–Crippen MR) is 87.4 cm³/mol. The largest absolute Gasteiger partial charge is 0.350 e. The zero-order valence-corrected chi connectivity index (χ0v) is 13.0. The standard InChI is InChI=1S/C18H18N4O/c1-13-5-4-7-16-21-14(11-22(13)16)17(23)20-12-18(8-9-18)15-6-2-3-10-19-15/h2-7,10-11H,8-9,12H2,1H3,(H,20,23). The van der Waals surface area contributed by atoms with Crippen molar-refractivity contribution >= 4 is 11.6 Å². The summed E-state index contributed by atoms with van der Waals surface area (Å²) in [5, 5.41) is 3.03. The molecule has 0 unspecified atom stereocenters. The SMILES string of the molecule is Cc1cccc2nc(C(=O)NCC3(c4ccccn4)CC3)cn12. The van der Waals surface area contributed by atoms with Crippen molar-refractivity contribution in [2.24, 2.45) is 0 Å². The summed E-state index contributed by atoms with van der Waals surface area (Å²) in [4.78, 5) is 21.3. The third-order valence-electron chi connectivity index (χ3n) is 4.58. The van der Waals surface area contributed by atoms with Gasteiger partial charge in [-0.05, 0) is 44.0 Å². The fraction of sp³-hybridized carbons (Fsp3) is 0.278. The van der Waals surface area contributed by atoms with Crippen LogP contribution in [-0.4, -0.2) is 26.8 Å². The molecule has 3 aromatic rings. The summed E-state index contributed by atoms with van der Waals surface area (Å²) in [6.45, 7) is 2.60. The number of carbonyl (C=O) groups is 1. The molecule has 0 aliphatic heterocycles. The first kappa shape index (κ1) is 13.9. The van der Waals surface area contributed by atoms with Gasteiger partial charge >= 0.3 is 0 Å². The Labute approximate surface area is 134 Å². The molecule has 116 valence electrons. The lowest BCUT2D eigenvalue weighted by Gasteiger charge is -2.14. The summed E-state index contributed by atoms with van der Waals surface area (Å²) >= 11 is 0.